The SMILES string of the molecule is COC(=O)C1C(C)=NC2=C(C(=O)c3ccccc32)[C@@H]1c1cc(Cl)c(OCc2cccc([N+](=O)[O-])c2)c(OC)c1. The van der Waals surface area contributed by atoms with Gasteiger partial charge in [-0.05, 0) is 30.2 Å². The van der Waals surface area contributed by atoms with Gasteiger partial charge in [0.1, 0.15) is 12.5 Å². The van der Waals surface area contributed by atoms with Crippen molar-refractivity contribution in [1.29, 1.82) is 0 Å². The fourth-order valence-electron chi connectivity index (χ4n) is 5.12. The van der Waals surface area contributed by atoms with E-state index in [4.69, 9.17) is 25.8 Å². The summed E-state index contributed by atoms with van der Waals surface area (Å²) in [5, 5.41) is 11.3. The normalized spacial score (nSPS) is 17.7. The predicted octanol–water partition coefficient (Wildman–Crippen LogP) is 5.79. The van der Waals surface area contributed by atoms with Gasteiger partial charge in [-0.2, -0.15) is 0 Å². The van der Waals surface area contributed by atoms with Crippen molar-refractivity contribution in [2.24, 2.45) is 10.9 Å². The van der Waals surface area contributed by atoms with Gasteiger partial charge >= 0.3 is 5.97 Å². The summed E-state index contributed by atoms with van der Waals surface area (Å²) in [6.07, 6.45) is 0. The molecular formula is C29H23ClN2O7. The lowest BCUT2D eigenvalue weighted by Gasteiger charge is -2.30. The van der Waals surface area contributed by atoms with Gasteiger partial charge < -0.3 is 14.2 Å². The Morgan fingerprint density at radius 3 is 2.51 bits per heavy atom. The molecule has 9 nitrogen and oxygen atoms in total. The number of esters is 1. The quantitative estimate of drug-likeness (QED) is 0.209. The van der Waals surface area contributed by atoms with Crippen LogP contribution in [0.3, 0.4) is 0 Å². The second kappa shape index (κ2) is 10.3. The van der Waals surface area contributed by atoms with Gasteiger partial charge in [0.05, 0.1) is 29.9 Å². The number of allylic oxidation sites excluding steroid dienone is 1. The van der Waals surface area contributed by atoms with Gasteiger partial charge in [-0.25, -0.2) is 0 Å². The van der Waals surface area contributed by atoms with Crippen LogP contribution in [0.25, 0.3) is 5.70 Å². The Kier molecular flexibility index (Phi) is 6.93. The second-order valence-corrected chi connectivity index (χ2v) is 9.53. The maximum absolute atomic E-state index is 13.6. The fourth-order valence-corrected chi connectivity index (χ4v) is 5.39. The van der Waals surface area contributed by atoms with Crippen molar-refractivity contribution in [3.05, 3.63) is 104 Å². The smallest absolute Gasteiger partial charge is 0.315 e. The minimum Gasteiger partial charge on any atom is -0.493 e. The Morgan fingerprint density at radius 2 is 1.82 bits per heavy atom. The summed E-state index contributed by atoms with van der Waals surface area (Å²) in [6, 6.07) is 16.6. The Hall–Kier alpha value is -4.50. The summed E-state index contributed by atoms with van der Waals surface area (Å²) in [5.74, 6) is -1.83. The molecule has 0 saturated heterocycles. The zero-order valence-corrected chi connectivity index (χ0v) is 22.0. The lowest BCUT2D eigenvalue weighted by atomic mass is 9.75. The van der Waals surface area contributed by atoms with Crippen molar-refractivity contribution in [2.75, 3.05) is 14.2 Å². The molecule has 0 fully saturated rings. The average Bonchev–Trinajstić information content (AvgIpc) is 3.22. The number of carbonyl (C=O) groups is 2. The number of non-ortho nitro benzene ring substituents is 1. The molecular weight excluding hydrogens is 524 g/mol. The third-order valence-corrected chi connectivity index (χ3v) is 7.16. The molecule has 0 amide bonds. The van der Waals surface area contributed by atoms with E-state index in [-0.39, 0.29) is 34.6 Å². The van der Waals surface area contributed by atoms with E-state index in [1.807, 2.05) is 12.1 Å². The van der Waals surface area contributed by atoms with Gasteiger partial charge in [-0.1, -0.05) is 48.0 Å². The highest BCUT2D eigenvalue weighted by molar-refractivity contribution is 6.32. The summed E-state index contributed by atoms with van der Waals surface area (Å²) in [6.45, 7) is 1.74. The number of methoxy groups -OCH3 is 2. The molecule has 1 heterocycles. The molecule has 2 aliphatic rings. The number of ether oxygens (including phenoxy) is 3. The van der Waals surface area contributed by atoms with E-state index in [0.29, 0.717) is 39.2 Å². The molecule has 0 bridgehead atoms. The van der Waals surface area contributed by atoms with Crippen molar-refractivity contribution in [1.82, 2.24) is 0 Å². The van der Waals surface area contributed by atoms with Gasteiger partial charge in [0.2, 0.25) is 0 Å². The molecule has 0 radical (unpaired) electrons. The van der Waals surface area contributed by atoms with Crippen molar-refractivity contribution >= 4 is 40.4 Å². The molecule has 1 aliphatic heterocycles. The Balaban J connectivity index is 1.57. The number of nitro groups is 1. The second-order valence-electron chi connectivity index (χ2n) is 9.12. The first-order valence-electron chi connectivity index (χ1n) is 12.0. The number of hydrogen-bond donors (Lipinski definition) is 0. The van der Waals surface area contributed by atoms with Crippen LogP contribution in [0.2, 0.25) is 5.02 Å². The number of Topliss-reactive ketones (excluding diaryl/α,β-unsaturated/α-hetero) is 1. The molecule has 0 N–H and O–H groups in total. The Bertz CT molecular complexity index is 1590. The zero-order chi connectivity index (χ0) is 27.8. The first-order valence-corrected chi connectivity index (χ1v) is 12.4. The number of nitrogens with zero attached hydrogens (tertiary/aromatic N) is 2. The van der Waals surface area contributed by atoms with Gasteiger partial charge in [-0.3, -0.25) is 24.7 Å². The number of ketones is 1. The van der Waals surface area contributed by atoms with Gasteiger partial charge in [0.25, 0.3) is 5.69 Å². The van der Waals surface area contributed by atoms with E-state index in [2.05, 4.69) is 4.99 Å². The minimum atomic E-state index is -0.857. The van der Waals surface area contributed by atoms with Crippen LogP contribution in [-0.4, -0.2) is 36.6 Å². The third-order valence-electron chi connectivity index (χ3n) is 6.88. The lowest BCUT2D eigenvalue weighted by Crippen LogP contribution is -2.34. The molecule has 198 valence electrons. The van der Waals surface area contributed by atoms with E-state index in [9.17, 15) is 19.7 Å². The number of aliphatic imine (C=N–C) groups is 1. The number of benzene rings is 3. The summed E-state index contributed by atoms with van der Waals surface area (Å²) >= 11 is 6.69. The minimum absolute atomic E-state index is 0.000182. The number of rotatable bonds is 7. The number of nitro benzene ring substituents is 1. The molecule has 0 spiro atoms. The van der Waals surface area contributed by atoms with Gasteiger partial charge in [-0.15, -0.1) is 0 Å². The summed E-state index contributed by atoms with van der Waals surface area (Å²) in [7, 11) is 2.74. The van der Waals surface area contributed by atoms with Crippen LogP contribution in [0.5, 0.6) is 11.5 Å². The number of halogens is 1. The number of fused-ring (bicyclic) bond motifs is 2. The summed E-state index contributed by atoms with van der Waals surface area (Å²) in [4.78, 5) is 41.9. The highest BCUT2D eigenvalue weighted by atomic mass is 35.5. The van der Waals surface area contributed by atoms with E-state index in [1.165, 1.54) is 26.4 Å². The van der Waals surface area contributed by atoms with Crippen LogP contribution in [0.1, 0.15) is 39.9 Å². The fraction of sp³-hybridized carbons (Fsp3) is 0.207. The molecule has 3 aromatic carbocycles. The van der Waals surface area contributed by atoms with Crippen LogP contribution in [0.15, 0.2) is 71.2 Å². The molecule has 2 atom stereocenters. The number of carbonyl (C=O) groups excluding carboxylic acids is 2. The topological polar surface area (TPSA) is 117 Å². The van der Waals surface area contributed by atoms with Gasteiger partial charge in [0.15, 0.2) is 17.3 Å². The molecule has 5 rings (SSSR count). The number of hydrogen-bond acceptors (Lipinski definition) is 8. The van der Waals surface area contributed by atoms with Crippen LogP contribution >= 0.6 is 11.6 Å². The van der Waals surface area contributed by atoms with Crippen LogP contribution in [0, 0.1) is 16.0 Å². The highest BCUT2D eigenvalue weighted by Gasteiger charge is 2.46. The lowest BCUT2D eigenvalue weighted by molar-refractivity contribution is -0.384. The molecule has 0 saturated carbocycles. The third kappa shape index (κ3) is 4.55. The van der Waals surface area contributed by atoms with Crippen molar-refractivity contribution in [3.8, 4) is 11.5 Å². The largest absolute Gasteiger partial charge is 0.493 e. The van der Waals surface area contributed by atoms with Crippen molar-refractivity contribution in [3.63, 3.8) is 0 Å². The average molecular weight is 547 g/mol. The summed E-state index contributed by atoms with van der Waals surface area (Å²) < 4.78 is 16.6. The van der Waals surface area contributed by atoms with Crippen molar-refractivity contribution in [2.45, 2.75) is 19.4 Å². The predicted molar refractivity (Wildman–Crippen MR) is 144 cm³/mol. The van der Waals surface area contributed by atoms with Crippen LogP contribution in [-0.2, 0) is 16.1 Å². The standard InChI is InChI=1S/C29H23ClN2O7/c1-15-23(29(34)38-3)24(25-26(31-15)19-9-4-5-10-20(19)27(25)33)17-12-21(30)28(22(13-17)37-2)39-14-16-7-6-8-18(11-16)32(35)36/h4-13,23-24H,14H2,1-3H3/t23?,24-/m1/s1. The molecule has 1 aliphatic carbocycles. The van der Waals surface area contributed by atoms with E-state index >= 15 is 0 Å². The Morgan fingerprint density at radius 1 is 1.08 bits per heavy atom. The highest BCUT2D eigenvalue weighted by Crippen LogP contribution is 2.50. The molecule has 1 unspecified atom stereocenters. The zero-order valence-electron chi connectivity index (χ0n) is 21.3. The molecule has 10 heteroatoms. The molecule has 39 heavy (non-hydrogen) atoms. The van der Waals surface area contributed by atoms with Crippen LogP contribution in [0.4, 0.5) is 5.69 Å². The molecule has 0 aromatic heterocycles. The van der Waals surface area contributed by atoms with Gasteiger partial charge in [0, 0.05) is 40.5 Å². The monoisotopic (exact) mass is 546 g/mol. The van der Waals surface area contributed by atoms with E-state index in [1.54, 1.807) is 43.3 Å². The maximum Gasteiger partial charge on any atom is 0.315 e. The maximum atomic E-state index is 13.6. The van der Waals surface area contributed by atoms with Crippen LogP contribution < -0.4 is 9.47 Å². The van der Waals surface area contributed by atoms with E-state index < -0.39 is 22.7 Å². The molecule has 3 aromatic rings. The first-order chi connectivity index (χ1) is 18.7. The Labute approximate surface area is 228 Å². The van der Waals surface area contributed by atoms with Crippen molar-refractivity contribution < 1.29 is 28.7 Å². The first kappa shape index (κ1) is 26.1. The summed E-state index contributed by atoms with van der Waals surface area (Å²) in [5.41, 5.74) is 3.72. The van der Waals surface area contributed by atoms with E-state index in [0.717, 1.165) is 0 Å².